The summed E-state index contributed by atoms with van der Waals surface area (Å²) in [5, 5.41) is 13.7. The molecular weight excluding hydrogens is 248 g/mol. The van der Waals surface area contributed by atoms with E-state index < -0.39 is 0 Å². The number of nitrogens with one attached hydrogen (secondary N) is 1. The highest BCUT2D eigenvalue weighted by molar-refractivity contribution is 5.25. The predicted octanol–water partition coefficient (Wildman–Crippen LogP) is 2.60. The molecule has 2 N–H and O–H groups in total. The monoisotopic (exact) mass is 278 g/mol. The summed E-state index contributed by atoms with van der Waals surface area (Å²) in [6, 6.07) is 10.6. The van der Waals surface area contributed by atoms with E-state index in [0.29, 0.717) is 6.04 Å². The van der Waals surface area contributed by atoms with Crippen LogP contribution in [0.3, 0.4) is 0 Å². The Bertz CT molecular complexity index is 367. The van der Waals surface area contributed by atoms with Gasteiger partial charge in [0.2, 0.25) is 0 Å². The molecule has 1 atom stereocenters. The van der Waals surface area contributed by atoms with Gasteiger partial charge in [-0.3, -0.25) is 0 Å². The van der Waals surface area contributed by atoms with Gasteiger partial charge in [0.25, 0.3) is 0 Å². The van der Waals surface area contributed by atoms with Gasteiger partial charge in [-0.25, -0.2) is 0 Å². The van der Waals surface area contributed by atoms with E-state index in [2.05, 4.69) is 50.0 Å². The second-order valence-corrected chi connectivity index (χ2v) is 5.77. The Labute approximate surface area is 124 Å². The first-order chi connectivity index (χ1) is 9.57. The van der Waals surface area contributed by atoms with Gasteiger partial charge in [0, 0.05) is 12.6 Å². The summed E-state index contributed by atoms with van der Waals surface area (Å²) in [5.41, 5.74) is 0.770. The normalized spacial score (nSPS) is 14.8. The van der Waals surface area contributed by atoms with Gasteiger partial charge in [-0.2, -0.15) is 0 Å². The molecule has 0 fully saturated rings. The lowest BCUT2D eigenvalue weighted by Crippen LogP contribution is -2.56. The molecule has 1 aromatic rings. The van der Waals surface area contributed by atoms with E-state index in [4.69, 9.17) is 0 Å². The summed E-state index contributed by atoms with van der Waals surface area (Å²) in [6.45, 7) is 11.6. The van der Waals surface area contributed by atoms with Crippen molar-refractivity contribution >= 4 is 0 Å². The number of benzene rings is 1. The minimum Gasteiger partial charge on any atom is -0.394 e. The second-order valence-electron chi connectivity index (χ2n) is 5.77. The number of nitrogens with zero attached hydrogens (tertiary/aromatic N) is 1. The molecule has 1 rings (SSSR count). The first kappa shape index (κ1) is 17.2. The number of rotatable bonds is 9. The molecule has 0 aromatic heterocycles. The molecule has 114 valence electrons. The van der Waals surface area contributed by atoms with Crippen molar-refractivity contribution in [3.63, 3.8) is 0 Å². The molecule has 1 aromatic carbocycles. The molecule has 0 aliphatic heterocycles. The zero-order chi connectivity index (χ0) is 15.0. The fourth-order valence-corrected chi connectivity index (χ4v) is 2.76. The average molecular weight is 278 g/mol. The lowest BCUT2D eigenvalue weighted by molar-refractivity contribution is 0.101. The molecule has 0 saturated heterocycles. The zero-order valence-electron chi connectivity index (χ0n) is 13.4. The quantitative estimate of drug-likeness (QED) is 0.729. The van der Waals surface area contributed by atoms with Gasteiger partial charge in [0.1, 0.15) is 0 Å². The summed E-state index contributed by atoms with van der Waals surface area (Å²) < 4.78 is 0. The van der Waals surface area contributed by atoms with Crippen LogP contribution in [0.5, 0.6) is 0 Å². The van der Waals surface area contributed by atoms with Crippen LogP contribution < -0.4 is 5.32 Å². The maximum atomic E-state index is 10.1. The molecule has 1 unspecified atom stereocenters. The molecule has 0 aliphatic carbocycles. The van der Waals surface area contributed by atoms with Gasteiger partial charge in [0.15, 0.2) is 0 Å². The maximum absolute atomic E-state index is 10.1. The van der Waals surface area contributed by atoms with Crippen molar-refractivity contribution < 1.29 is 5.11 Å². The highest BCUT2D eigenvalue weighted by Gasteiger charge is 2.33. The van der Waals surface area contributed by atoms with E-state index in [0.717, 1.165) is 31.6 Å². The third kappa shape index (κ3) is 4.58. The fraction of sp³-hybridized carbons (Fsp3) is 0.647. The highest BCUT2D eigenvalue weighted by atomic mass is 16.3. The first-order valence-electron chi connectivity index (χ1n) is 7.74. The van der Waals surface area contributed by atoms with Crippen molar-refractivity contribution in [3.05, 3.63) is 35.9 Å². The van der Waals surface area contributed by atoms with Gasteiger partial charge in [-0.05, 0) is 38.9 Å². The zero-order valence-corrected chi connectivity index (χ0v) is 13.4. The van der Waals surface area contributed by atoms with E-state index in [-0.39, 0.29) is 12.1 Å². The third-order valence-corrected chi connectivity index (χ3v) is 3.64. The van der Waals surface area contributed by atoms with Crippen molar-refractivity contribution in [1.82, 2.24) is 10.2 Å². The lowest BCUT2D eigenvalue weighted by atomic mass is 9.89. The highest BCUT2D eigenvalue weighted by Crippen LogP contribution is 2.23. The van der Waals surface area contributed by atoms with Gasteiger partial charge in [-0.1, -0.05) is 44.2 Å². The average Bonchev–Trinajstić information content (AvgIpc) is 2.46. The van der Waals surface area contributed by atoms with Crippen molar-refractivity contribution in [2.45, 2.75) is 45.7 Å². The molecule has 3 heteroatoms. The van der Waals surface area contributed by atoms with Crippen LogP contribution in [0.4, 0.5) is 0 Å². The van der Waals surface area contributed by atoms with Gasteiger partial charge < -0.3 is 15.3 Å². The fourth-order valence-electron chi connectivity index (χ4n) is 2.76. The third-order valence-electron chi connectivity index (χ3n) is 3.64. The maximum Gasteiger partial charge on any atom is 0.0799 e. The molecule has 0 saturated carbocycles. The SMILES string of the molecule is CCCN(CC)CC(CO)(NC(C)C)c1ccccc1. The smallest absolute Gasteiger partial charge is 0.0799 e. The second kappa shape index (κ2) is 8.40. The number of aliphatic hydroxyl groups is 1. The van der Waals surface area contributed by atoms with Crippen molar-refractivity contribution in [1.29, 1.82) is 0 Å². The standard InChI is InChI=1S/C17H30N2O/c1-5-12-19(6-2)13-17(14-20,18-15(3)4)16-10-8-7-9-11-16/h7-11,15,18,20H,5-6,12-14H2,1-4H3. The Morgan fingerprint density at radius 2 is 1.85 bits per heavy atom. The molecule has 0 radical (unpaired) electrons. The van der Waals surface area contributed by atoms with E-state index in [1.54, 1.807) is 0 Å². The molecule has 0 aliphatic rings. The van der Waals surface area contributed by atoms with E-state index in [1.165, 1.54) is 0 Å². The summed E-state index contributed by atoms with van der Waals surface area (Å²) in [7, 11) is 0. The van der Waals surface area contributed by atoms with Crippen LogP contribution in [0.2, 0.25) is 0 Å². The Morgan fingerprint density at radius 1 is 1.20 bits per heavy atom. The van der Waals surface area contributed by atoms with Crippen molar-refractivity contribution in [2.24, 2.45) is 0 Å². The first-order valence-corrected chi connectivity index (χ1v) is 7.74. The molecular formula is C17H30N2O. The van der Waals surface area contributed by atoms with Crippen LogP contribution in [-0.4, -0.2) is 42.3 Å². The lowest BCUT2D eigenvalue weighted by Gasteiger charge is -2.39. The van der Waals surface area contributed by atoms with Crippen LogP contribution in [0, 0.1) is 0 Å². The molecule has 0 heterocycles. The molecule has 0 spiro atoms. The number of aliphatic hydroxyl groups excluding tert-OH is 1. The van der Waals surface area contributed by atoms with Crippen LogP contribution in [0.15, 0.2) is 30.3 Å². The number of hydrogen-bond acceptors (Lipinski definition) is 3. The van der Waals surface area contributed by atoms with Crippen LogP contribution in [0.1, 0.15) is 39.7 Å². The summed E-state index contributed by atoms with van der Waals surface area (Å²) in [5.74, 6) is 0. The van der Waals surface area contributed by atoms with Crippen LogP contribution >= 0.6 is 0 Å². The van der Waals surface area contributed by atoms with E-state index in [1.807, 2.05) is 18.2 Å². The van der Waals surface area contributed by atoms with Crippen molar-refractivity contribution in [3.8, 4) is 0 Å². The Hall–Kier alpha value is -0.900. The van der Waals surface area contributed by atoms with Crippen LogP contribution in [0.25, 0.3) is 0 Å². The minimum atomic E-state index is -0.388. The minimum absolute atomic E-state index is 0.107. The Balaban J connectivity index is 3.05. The topological polar surface area (TPSA) is 35.5 Å². The molecule has 0 bridgehead atoms. The summed E-state index contributed by atoms with van der Waals surface area (Å²) in [4.78, 5) is 2.40. The predicted molar refractivity (Wildman–Crippen MR) is 85.9 cm³/mol. The van der Waals surface area contributed by atoms with E-state index >= 15 is 0 Å². The molecule has 0 amide bonds. The van der Waals surface area contributed by atoms with E-state index in [9.17, 15) is 5.11 Å². The van der Waals surface area contributed by atoms with Gasteiger partial charge >= 0.3 is 0 Å². The Morgan fingerprint density at radius 3 is 2.30 bits per heavy atom. The van der Waals surface area contributed by atoms with Gasteiger partial charge in [0.05, 0.1) is 12.1 Å². The van der Waals surface area contributed by atoms with Gasteiger partial charge in [-0.15, -0.1) is 0 Å². The number of likely N-dealkylation sites (N-methyl/N-ethyl adjacent to an activating group) is 1. The molecule has 3 nitrogen and oxygen atoms in total. The number of hydrogen-bond donors (Lipinski definition) is 2. The summed E-state index contributed by atoms with van der Waals surface area (Å²) >= 11 is 0. The Kier molecular flexibility index (Phi) is 7.20. The van der Waals surface area contributed by atoms with Crippen molar-refractivity contribution in [2.75, 3.05) is 26.2 Å². The largest absolute Gasteiger partial charge is 0.394 e. The molecule has 20 heavy (non-hydrogen) atoms. The van der Waals surface area contributed by atoms with Crippen LogP contribution in [-0.2, 0) is 5.54 Å². The summed E-state index contributed by atoms with van der Waals surface area (Å²) in [6.07, 6.45) is 1.13.